The van der Waals surface area contributed by atoms with Gasteiger partial charge in [0.05, 0.1) is 12.7 Å². The first kappa shape index (κ1) is 14.9. The Morgan fingerprint density at radius 3 is 2.71 bits per heavy atom. The number of aromatic nitrogens is 2. The molecule has 0 radical (unpaired) electrons. The molecule has 0 amide bonds. The highest BCUT2D eigenvalue weighted by Gasteiger charge is 2.36. The van der Waals surface area contributed by atoms with E-state index in [1.54, 1.807) is 6.20 Å². The molecular formula is C18H18N4O2. The minimum absolute atomic E-state index is 0.349. The minimum atomic E-state index is -0.629. The van der Waals surface area contributed by atoms with Gasteiger partial charge in [-0.15, -0.1) is 0 Å². The van der Waals surface area contributed by atoms with Crippen LogP contribution in [-0.4, -0.2) is 40.4 Å². The molecule has 2 aliphatic rings. The van der Waals surface area contributed by atoms with E-state index in [1.165, 1.54) is 0 Å². The zero-order valence-corrected chi connectivity index (χ0v) is 13.2. The molecule has 24 heavy (non-hydrogen) atoms. The maximum atomic E-state index is 10.3. The molecular weight excluding hydrogens is 304 g/mol. The summed E-state index contributed by atoms with van der Waals surface area (Å²) >= 11 is 0. The zero-order valence-electron chi connectivity index (χ0n) is 13.2. The second-order valence-electron chi connectivity index (χ2n) is 6.29. The summed E-state index contributed by atoms with van der Waals surface area (Å²) in [6.07, 6.45) is 2.82. The summed E-state index contributed by atoms with van der Waals surface area (Å²) < 4.78 is 5.88. The number of hydrogen-bond acceptors (Lipinski definition) is 6. The number of anilines is 1. The van der Waals surface area contributed by atoms with E-state index in [0.29, 0.717) is 30.4 Å². The summed E-state index contributed by atoms with van der Waals surface area (Å²) in [6.45, 7) is 0.888. The van der Waals surface area contributed by atoms with E-state index in [2.05, 4.69) is 16.0 Å². The number of aliphatic hydroxyl groups is 1. The van der Waals surface area contributed by atoms with Crippen molar-refractivity contribution in [2.24, 2.45) is 0 Å². The van der Waals surface area contributed by atoms with Gasteiger partial charge in [-0.1, -0.05) is 18.2 Å². The van der Waals surface area contributed by atoms with Crippen LogP contribution in [0.1, 0.15) is 30.1 Å². The normalized spacial score (nSPS) is 23.1. The van der Waals surface area contributed by atoms with Gasteiger partial charge in [-0.25, -0.2) is 9.97 Å². The molecule has 1 saturated heterocycles. The fourth-order valence-corrected chi connectivity index (χ4v) is 2.96. The van der Waals surface area contributed by atoms with Crippen LogP contribution in [0.25, 0.3) is 0 Å². The van der Waals surface area contributed by atoms with Crippen LogP contribution in [0.2, 0.25) is 0 Å². The molecule has 2 aromatic rings. The van der Waals surface area contributed by atoms with Crippen LogP contribution in [0.5, 0.6) is 5.75 Å². The average molecular weight is 322 g/mol. The van der Waals surface area contributed by atoms with E-state index in [1.807, 2.05) is 35.2 Å². The lowest BCUT2D eigenvalue weighted by Gasteiger charge is -2.19. The van der Waals surface area contributed by atoms with Gasteiger partial charge in [0.1, 0.15) is 35.4 Å². The Morgan fingerprint density at radius 2 is 2.00 bits per heavy atom. The summed E-state index contributed by atoms with van der Waals surface area (Å²) in [7, 11) is 0. The number of β-amino-alcohol motifs (C(OH)–C–C–N with tert-alkyl or cyclic N) is 1. The van der Waals surface area contributed by atoms with E-state index in [0.717, 1.165) is 24.4 Å². The number of ether oxygens (including phenoxy) is 1. The first-order valence-corrected chi connectivity index (χ1v) is 8.16. The highest BCUT2D eigenvalue weighted by Crippen LogP contribution is 2.39. The second kappa shape index (κ2) is 6.10. The van der Waals surface area contributed by atoms with E-state index in [4.69, 9.17) is 4.74 Å². The molecule has 1 saturated carbocycles. The Hall–Kier alpha value is -2.65. The third-order valence-corrected chi connectivity index (χ3v) is 4.42. The number of hydrogen-bond donors (Lipinski definition) is 1. The molecule has 2 atom stereocenters. The van der Waals surface area contributed by atoms with Gasteiger partial charge < -0.3 is 14.7 Å². The van der Waals surface area contributed by atoms with Crippen molar-refractivity contribution in [1.29, 1.82) is 5.26 Å². The molecule has 1 aliphatic carbocycles. The van der Waals surface area contributed by atoms with Crippen molar-refractivity contribution in [1.82, 2.24) is 9.97 Å². The van der Waals surface area contributed by atoms with Crippen molar-refractivity contribution in [2.45, 2.75) is 31.0 Å². The topological polar surface area (TPSA) is 82.3 Å². The van der Waals surface area contributed by atoms with Crippen LogP contribution < -0.4 is 9.64 Å². The van der Waals surface area contributed by atoms with Gasteiger partial charge in [-0.3, -0.25) is 0 Å². The molecule has 0 unspecified atom stereocenters. The molecule has 1 aliphatic heterocycles. The standard InChI is InChI=1S/C18H18N4O2/c19-8-13-9-20-17(12-6-7-12)21-18(13)22-10-15(23)16(11-22)24-14-4-2-1-3-5-14/h1-5,9,12,15-16,23H,6-7,10-11H2/t15-,16-/m1/s1. The maximum absolute atomic E-state index is 10.3. The number of para-hydroxylation sites is 1. The Kier molecular flexibility index (Phi) is 3.79. The molecule has 1 N–H and O–H groups in total. The Labute approximate surface area is 140 Å². The summed E-state index contributed by atoms with van der Waals surface area (Å²) in [5.41, 5.74) is 0.437. The monoisotopic (exact) mass is 322 g/mol. The molecule has 2 heterocycles. The van der Waals surface area contributed by atoms with Crippen LogP contribution in [0.4, 0.5) is 5.82 Å². The largest absolute Gasteiger partial charge is 0.486 e. The van der Waals surface area contributed by atoms with Crippen molar-refractivity contribution in [3.63, 3.8) is 0 Å². The lowest BCUT2D eigenvalue weighted by Crippen LogP contribution is -2.30. The van der Waals surface area contributed by atoms with Gasteiger partial charge in [0.2, 0.25) is 0 Å². The maximum Gasteiger partial charge on any atom is 0.150 e. The lowest BCUT2D eigenvalue weighted by molar-refractivity contribution is 0.0738. The number of nitriles is 1. The first-order valence-electron chi connectivity index (χ1n) is 8.16. The van der Waals surface area contributed by atoms with E-state index in [9.17, 15) is 10.4 Å². The molecule has 1 aromatic carbocycles. The number of nitrogens with zero attached hydrogens (tertiary/aromatic N) is 4. The lowest BCUT2D eigenvalue weighted by atomic mass is 10.2. The molecule has 6 nitrogen and oxygen atoms in total. The van der Waals surface area contributed by atoms with Crippen molar-refractivity contribution >= 4 is 5.82 Å². The highest BCUT2D eigenvalue weighted by atomic mass is 16.5. The number of benzene rings is 1. The predicted octanol–water partition coefficient (Wildman–Crippen LogP) is 1.85. The van der Waals surface area contributed by atoms with Crippen LogP contribution in [0, 0.1) is 11.3 Å². The van der Waals surface area contributed by atoms with E-state index >= 15 is 0 Å². The Bertz CT molecular complexity index is 770. The predicted molar refractivity (Wildman–Crippen MR) is 87.8 cm³/mol. The van der Waals surface area contributed by atoms with Gasteiger partial charge in [0.15, 0.2) is 5.82 Å². The molecule has 0 bridgehead atoms. The van der Waals surface area contributed by atoms with Gasteiger partial charge >= 0.3 is 0 Å². The van der Waals surface area contributed by atoms with Crippen LogP contribution in [-0.2, 0) is 0 Å². The molecule has 122 valence electrons. The van der Waals surface area contributed by atoms with Gasteiger partial charge in [-0.2, -0.15) is 5.26 Å². The van der Waals surface area contributed by atoms with Gasteiger partial charge in [0, 0.05) is 12.5 Å². The third-order valence-electron chi connectivity index (χ3n) is 4.42. The SMILES string of the molecule is N#Cc1cnc(C2CC2)nc1N1C[C@@H](O)[C@H](Oc2ccccc2)C1. The Morgan fingerprint density at radius 1 is 1.21 bits per heavy atom. The minimum Gasteiger partial charge on any atom is -0.486 e. The molecule has 1 aromatic heterocycles. The quantitative estimate of drug-likeness (QED) is 0.925. The molecule has 6 heteroatoms. The zero-order chi connectivity index (χ0) is 16.5. The van der Waals surface area contributed by atoms with Crippen molar-refractivity contribution < 1.29 is 9.84 Å². The summed E-state index contributed by atoms with van der Waals surface area (Å²) in [4.78, 5) is 10.8. The molecule has 2 fully saturated rings. The first-order chi connectivity index (χ1) is 11.7. The average Bonchev–Trinajstić information content (AvgIpc) is 3.40. The van der Waals surface area contributed by atoms with Crippen LogP contribution >= 0.6 is 0 Å². The van der Waals surface area contributed by atoms with Gasteiger partial charge in [0.25, 0.3) is 0 Å². The van der Waals surface area contributed by atoms with Gasteiger partial charge in [-0.05, 0) is 25.0 Å². The summed E-state index contributed by atoms with van der Waals surface area (Å²) in [5.74, 6) is 2.55. The summed E-state index contributed by atoms with van der Waals surface area (Å²) in [5, 5.41) is 19.7. The molecule has 4 rings (SSSR count). The second-order valence-corrected chi connectivity index (χ2v) is 6.29. The smallest absolute Gasteiger partial charge is 0.150 e. The van der Waals surface area contributed by atoms with E-state index in [-0.39, 0.29) is 6.10 Å². The highest BCUT2D eigenvalue weighted by molar-refractivity contribution is 5.54. The Balaban J connectivity index is 1.55. The molecule has 0 spiro atoms. The van der Waals surface area contributed by atoms with Crippen molar-refractivity contribution in [3.8, 4) is 11.8 Å². The van der Waals surface area contributed by atoms with Crippen LogP contribution in [0.15, 0.2) is 36.5 Å². The fourth-order valence-electron chi connectivity index (χ4n) is 2.96. The number of rotatable bonds is 4. The number of aliphatic hydroxyl groups excluding tert-OH is 1. The van der Waals surface area contributed by atoms with Crippen LogP contribution in [0.3, 0.4) is 0 Å². The van der Waals surface area contributed by atoms with Crippen molar-refractivity contribution in [3.05, 3.63) is 47.9 Å². The van der Waals surface area contributed by atoms with E-state index < -0.39 is 6.10 Å². The fraction of sp³-hybridized carbons (Fsp3) is 0.389. The van der Waals surface area contributed by atoms with Crippen molar-refractivity contribution in [2.75, 3.05) is 18.0 Å². The third kappa shape index (κ3) is 2.91. The summed E-state index contributed by atoms with van der Waals surface area (Å²) in [6, 6.07) is 11.6.